The summed E-state index contributed by atoms with van der Waals surface area (Å²) in [5, 5.41) is 24.7. The molecule has 96 valence electrons. The van der Waals surface area contributed by atoms with Crippen molar-refractivity contribution in [2.45, 2.75) is 12.6 Å². The third-order valence-corrected chi connectivity index (χ3v) is 3.37. The fourth-order valence-electron chi connectivity index (χ4n) is 1.54. The van der Waals surface area contributed by atoms with Crippen LogP contribution in [0.15, 0.2) is 34.3 Å². The van der Waals surface area contributed by atoms with Gasteiger partial charge in [0.05, 0.1) is 23.8 Å². The number of hydrogen-bond acceptors (Lipinski definition) is 6. The van der Waals surface area contributed by atoms with E-state index in [2.05, 4.69) is 5.32 Å². The zero-order chi connectivity index (χ0) is 13.0. The predicted molar refractivity (Wildman–Crippen MR) is 66.3 cm³/mol. The first-order valence-corrected chi connectivity index (χ1v) is 6.18. The van der Waals surface area contributed by atoms with E-state index in [0.717, 1.165) is 16.9 Å². The second kappa shape index (κ2) is 5.76. The van der Waals surface area contributed by atoms with Crippen LogP contribution in [0.5, 0.6) is 0 Å². The van der Waals surface area contributed by atoms with E-state index in [4.69, 9.17) is 4.42 Å². The zero-order valence-electron chi connectivity index (χ0n) is 9.41. The fraction of sp³-hybridized carbons (Fsp3) is 0.273. The standard InChI is InChI=1S/C11H12N2O4S/c14-6-9(10-2-1-3-17-10)12-5-8-4-11(13(15)16)18-7-8/h1-4,7,9,12,14H,5-6H2. The minimum absolute atomic E-state index is 0.0975. The molecule has 0 radical (unpaired) electrons. The van der Waals surface area contributed by atoms with Crippen LogP contribution in [-0.2, 0) is 6.54 Å². The van der Waals surface area contributed by atoms with E-state index in [-0.39, 0.29) is 17.6 Å². The van der Waals surface area contributed by atoms with Gasteiger partial charge in [-0.2, -0.15) is 0 Å². The lowest BCUT2D eigenvalue weighted by molar-refractivity contribution is -0.380. The van der Waals surface area contributed by atoms with Crippen molar-refractivity contribution in [1.29, 1.82) is 0 Å². The molecule has 7 heteroatoms. The Morgan fingerprint density at radius 3 is 3.00 bits per heavy atom. The minimum Gasteiger partial charge on any atom is -0.468 e. The number of aliphatic hydroxyl groups is 1. The quantitative estimate of drug-likeness (QED) is 0.618. The number of hydrogen-bond donors (Lipinski definition) is 2. The smallest absolute Gasteiger partial charge is 0.324 e. The lowest BCUT2D eigenvalue weighted by Gasteiger charge is -2.12. The molecular formula is C11H12N2O4S. The van der Waals surface area contributed by atoms with E-state index in [0.29, 0.717) is 12.3 Å². The molecule has 0 saturated carbocycles. The lowest BCUT2D eigenvalue weighted by Crippen LogP contribution is -2.23. The second-order valence-electron chi connectivity index (χ2n) is 3.68. The van der Waals surface area contributed by atoms with Crippen LogP contribution in [0.1, 0.15) is 17.4 Å². The topological polar surface area (TPSA) is 88.5 Å². The molecule has 2 aromatic heterocycles. The van der Waals surface area contributed by atoms with Gasteiger partial charge in [0.25, 0.3) is 0 Å². The van der Waals surface area contributed by atoms with Gasteiger partial charge in [-0.05, 0) is 17.7 Å². The molecule has 2 N–H and O–H groups in total. The Morgan fingerprint density at radius 2 is 2.44 bits per heavy atom. The molecule has 2 heterocycles. The molecule has 0 bridgehead atoms. The van der Waals surface area contributed by atoms with E-state index in [1.54, 1.807) is 17.5 Å². The van der Waals surface area contributed by atoms with Crippen molar-refractivity contribution in [3.8, 4) is 0 Å². The highest BCUT2D eigenvalue weighted by Crippen LogP contribution is 2.23. The van der Waals surface area contributed by atoms with Gasteiger partial charge in [0.1, 0.15) is 5.76 Å². The van der Waals surface area contributed by atoms with Gasteiger partial charge in [0.15, 0.2) is 0 Å². The SMILES string of the molecule is O=[N+]([O-])c1cc(CNC(CO)c2ccco2)cs1. The van der Waals surface area contributed by atoms with Crippen molar-refractivity contribution in [3.63, 3.8) is 0 Å². The maximum atomic E-state index is 10.5. The Balaban J connectivity index is 1.95. The van der Waals surface area contributed by atoms with Gasteiger partial charge in [0, 0.05) is 18.0 Å². The Kier molecular flexibility index (Phi) is 4.08. The molecule has 0 amide bonds. The van der Waals surface area contributed by atoms with Crippen LogP contribution >= 0.6 is 11.3 Å². The summed E-state index contributed by atoms with van der Waals surface area (Å²) in [7, 11) is 0. The second-order valence-corrected chi connectivity index (χ2v) is 4.57. The Hall–Kier alpha value is -1.70. The molecule has 0 aliphatic carbocycles. The zero-order valence-corrected chi connectivity index (χ0v) is 10.2. The monoisotopic (exact) mass is 268 g/mol. The molecule has 0 saturated heterocycles. The summed E-state index contributed by atoms with van der Waals surface area (Å²) in [5.74, 6) is 0.641. The number of nitrogens with zero attached hydrogens (tertiary/aromatic N) is 1. The van der Waals surface area contributed by atoms with Crippen molar-refractivity contribution < 1.29 is 14.4 Å². The summed E-state index contributed by atoms with van der Waals surface area (Å²) in [4.78, 5) is 10.1. The molecule has 0 aliphatic rings. The van der Waals surface area contributed by atoms with Gasteiger partial charge in [-0.15, -0.1) is 0 Å². The molecule has 18 heavy (non-hydrogen) atoms. The minimum atomic E-state index is -0.412. The molecular weight excluding hydrogens is 256 g/mol. The Labute approximate surface area is 107 Å². The van der Waals surface area contributed by atoms with Crippen LogP contribution < -0.4 is 5.32 Å². The molecule has 0 aliphatic heterocycles. The van der Waals surface area contributed by atoms with E-state index >= 15 is 0 Å². The first-order chi connectivity index (χ1) is 8.70. The van der Waals surface area contributed by atoms with Crippen molar-refractivity contribution in [2.24, 2.45) is 0 Å². The average molecular weight is 268 g/mol. The number of furan rings is 1. The molecule has 2 rings (SSSR count). The van der Waals surface area contributed by atoms with Gasteiger partial charge in [-0.3, -0.25) is 10.1 Å². The van der Waals surface area contributed by atoms with Crippen LogP contribution in [0.2, 0.25) is 0 Å². The van der Waals surface area contributed by atoms with Crippen LogP contribution in [0, 0.1) is 10.1 Å². The van der Waals surface area contributed by atoms with Crippen molar-refractivity contribution in [2.75, 3.05) is 6.61 Å². The highest BCUT2D eigenvalue weighted by molar-refractivity contribution is 7.13. The lowest BCUT2D eigenvalue weighted by atomic mass is 10.2. The summed E-state index contributed by atoms with van der Waals surface area (Å²) < 4.78 is 5.19. The number of nitro groups is 1. The first-order valence-electron chi connectivity index (χ1n) is 5.30. The number of thiophene rings is 1. The fourth-order valence-corrected chi connectivity index (χ4v) is 2.27. The number of rotatable bonds is 6. The Morgan fingerprint density at radius 1 is 1.61 bits per heavy atom. The molecule has 0 spiro atoms. The molecule has 6 nitrogen and oxygen atoms in total. The molecule has 0 fully saturated rings. The molecule has 0 aromatic carbocycles. The maximum Gasteiger partial charge on any atom is 0.324 e. The van der Waals surface area contributed by atoms with Gasteiger partial charge in [0.2, 0.25) is 0 Å². The third kappa shape index (κ3) is 2.95. The summed E-state index contributed by atoms with van der Waals surface area (Å²) in [6.45, 7) is 0.343. The van der Waals surface area contributed by atoms with Crippen LogP contribution in [-0.4, -0.2) is 16.6 Å². The highest BCUT2D eigenvalue weighted by atomic mass is 32.1. The van der Waals surface area contributed by atoms with Crippen LogP contribution in [0.3, 0.4) is 0 Å². The van der Waals surface area contributed by atoms with Crippen molar-refractivity contribution in [1.82, 2.24) is 5.32 Å². The summed E-state index contributed by atoms with van der Waals surface area (Å²) in [6, 6.07) is 4.73. The van der Waals surface area contributed by atoms with E-state index in [1.165, 1.54) is 12.3 Å². The van der Waals surface area contributed by atoms with Crippen molar-refractivity contribution in [3.05, 3.63) is 51.3 Å². The average Bonchev–Trinajstić information content (AvgIpc) is 3.00. The normalized spacial score (nSPS) is 12.5. The number of aliphatic hydroxyl groups excluding tert-OH is 1. The summed E-state index contributed by atoms with van der Waals surface area (Å²) in [6.07, 6.45) is 1.54. The van der Waals surface area contributed by atoms with Crippen molar-refractivity contribution >= 4 is 16.3 Å². The first kappa shape index (κ1) is 12.7. The van der Waals surface area contributed by atoms with Gasteiger partial charge in [-0.25, -0.2) is 0 Å². The van der Waals surface area contributed by atoms with E-state index in [9.17, 15) is 15.2 Å². The third-order valence-electron chi connectivity index (χ3n) is 2.44. The van der Waals surface area contributed by atoms with E-state index < -0.39 is 4.92 Å². The highest BCUT2D eigenvalue weighted by Gasteiger charge is 2.14. The summed E-state index contributed by atoms with van der Waals surface area (Å²) >= 11 is 1.09. The molecule has 2 aromatic rings. The van der Waals surface area contributed by atoms with Crippen LogP contribution in [0.25, 0.3) is 0 Å². The number of nitrogens with one attached hydrogen (secondary N) is 1. The van der Waals surface area contributed by atoms with Gasteiger partial charge in [-0.1, -0.05) is 11.3 Å². The van der Waals surface area contributed by atoms with E-state index in [1.807, 2.05) is 0 Å². The molecule has 1 unspecified atom stereocenters. The Bertz CT molecular complexity index is 509. The van der Waals surface area contributed by atoms with Gasteiger partial charge >= 0.3 is 5.00 Å². The largest absolute Gasteiger partial charge is 0.468 e. The van der Waals surface area contributed by atoms with Crippen LogP contribution in [0.4, 0.5) is 5.00 Å². The molecule has 1 atom stereocenters. The predicted octanol–water partition coefficient (Wildman–Crippen LogP) is 2.07. The van der Waals surface area contributed by atoms with Gasteiger partial charge < -0.3 is 14.8 Å². The summed E-state index contributed by atoms with van der Waals surface area (Å²) in [5.41, 5.74) is 0.816. The maximum absolute atomic E-state index is 10.5.